The van der Waals surface area contributed by atoms with E-state index in [0.717, 1.165) is 22.4 Å². The molecule has 162 valence electrons. The number of hydrogen-bond donors (Lipinski definition) is 0. The molecule has 0 unspecified atom stereocenters. The molecular formula is C27H19ClN2O2S. The summed E-state index contributed by atoms with van der Waals surface area (Å²) in [4.78, 5) is 17.5. The van der Waals surface area contributed by atoms with Gasteiger partial charge in [-0.2, -0.15) is 5.26 Å². The molecule has 1 aromatic heterocycles. The van der Waals surface area contributed by atoms with E-state index in [1.165, 1.54) is 11.8 Å². The Kier molecular flexibility index (Phi) is 7.09. The molecule has 0 aliphatic carbocycles. The fourth-order valence-corrected chi connectivity index (χ4v) is 4.37. The third kappa shape index (κ3) is 5.25. The number of pyridine rings is 1. The smallest absolute Gasteiger partial charge is 0.173 e. The molecule has 0 fully saturated rings. The van der Waals surface area contributed by atoms with E-state index in [4.69, 9.17) is 21.3 Å². The Bertz CT molecular complexity index is 1320. The van der Waals surface area contributed by atoms with Gasteiger partial charge in [0.15, 0.2) is 5.78 Å². The monoisotopic (exact) mass is 470 g/mol. The van der Waals surface area contributed by atoms with Crippen LogP contribution in [0.15, 0.2) is 90.0 Å². The number of thioether (sulfide) groups is 1. The predicted octanol–water partition coefficient (Wildman–Crippen LogP) is 6.92. The molecule has 0 saturated heterocycles. The summed E-state index contributed by atoms with van der Waals surface area (Å²) < 4.78 is 5.16. The van der Waals surface area contributed by atoms with Gasteiger partial charge < -0.3 is 4.74 Å². The number of benzene rings is 3. The van der Waals surface area contributed by atoms with Gasteiger partial charge in [-0.3, -0.25) is 4.79 Å². The van der Waals surface area contributed by atoms with E-state index in [1.54, 1.807) is 43.5 Å². The maximum Gasteiger partial charge on any atom is 0.173 e. The molecule has 6 heteroatoms. The Labute approximate surface area is 201 Å². The number of aromatic nitrogens is 1. The van der Waals surface area contributed by atoms with Gasteiger partial charge in [0.1, 0.15) is 16.8 Å². The molecule has 4 nitrogen and oxygen atoms in total. The quantitative estimate of drug-likeness (QED) is 0.216. The number of hydrogen-bond acceptors (Lipinski definition) is 5. The van der Waals surface area contributed by atoms with Gasteiger partial charge in [0.2, 0.25) is 0 Å². The molecule has 4 rings (SSSR count). The number of ether oxygens (including phenoxy) is 1. The van der Waals surface area contributed by atoms with E-state index in [9.17, 15) is 10.1 Å². The zero-order valence-electron chi connectivity index (χ0n) is 17.8. The van der Waals surface area contributed by atoms with Crippen molar-refractivity contribution in [2.75, 3.05) is 12.9 Å². The molecule has 0 saturated carbocycles. The van der Waals surface area contributed by atoms with Gasteiger partial charge in [-0.25, -0.2) is 4.98 Å². The van der Waals surface area contributed by atoms with E-state index < -0.39 is 0 Å². The zero-order chi connectivity index (χ0) is 23.2. The molecule has 0 N–H and O–H groups in total. The maximum atomic E-state index is 12.8. The minimum absolute atomic E-state index is 0.0495. The number of methoxy groups -OCH3 is 1. The van der Waals surface area contributed by atoms with Crippen LogP contribution in [0.1, 0.15) is 15.9 Å². The molecule has 0 spiro atoms. The van der Waals surface area contributed by atoms with Crippen LogP contribution in [0.5, 0.6) is 5.75 Å². The number of carbonyl (C=O) groups is 1. The summed E-state index contributed by atoms with van der Waals surface area (Å²) in [5.74, 6) is 0.800. The number of rotatable bonds is 7. The lowest BCUT2D eigenvalue weighted by Gasteiger charge is -2.13. The van der Waals surface area contributed by atoms with Crippen molar-refractivity contribution in [3.05, 3.63) is 101 Å². The number of nitriles is 1. The molecule has 3 aromatic carbocycles. The van der Waals surface area contributed by atoms with E-state index in [0.29, 0.717) is 26.9 Å². The molecule has 0 bridgehead atoms. The normalized spacial score (nSPS) is 10.5. The highest BCUT2D eigenvalue weighted by Gasteiger charge is 2.17. The van der Waals surface area contributed by atoms with Crippen molar-refractivity contribution >= 4 is 29.1 Å². The first-order valence-corrected chi connectivity index (χ1v) is 11.5. The van der Waals surface area contributed by atoms with Crippen molar-refractivity contribution < 1.29 is 9.53 Å². The molecule has 0 aliphatic rings. The van der Waals surface area contributed by atoms with Crippen LogP contribution in [0.2, 0.25) is 5.02 Å². The Morgan fingerprint density at radius 2 is 1.70 bits per heavy atom. The number of carbonyl (C=O) groups excluding carboxylic acids is 1. The molecule has 0 aliphatic heterocycles. The van der Waals surface area contributed by atoms with Crippen molar-refractivity contribution in [3.63, 3.8) is 0 Å². The highest BCUT2D eigenvalue weighted by molar-refractivity contribution is 8.00. The molecular weight excluding hydrogens is 452 g/mol. The standard InChI is InChI=1S/C27H19ClN2O2S/c1-32-22-13-9-20(10-14-22)26(31)17-33-27-24(16-29)23(18-7-11-21(28)12-8-18)15-25(30-27)19-5-3-2-4-6-19/h2-15H,17H2,1H3. The Morgan fingerprint density at radius 1 is 1.00 bits per heavy atom. The van der Waals surface area contributed by atoms with Crippen LogP contribution in [-0.4, -0.2) is 23.6 Å². The molecule has 0 amide bonds. The maximum absolute atomic E-state index is 12.8. The Morgan fingerprint density at radius 3 is 2.33 bits per heavy atom. The second kappa shape index (κ2) is 10.4. The third-order valence-electron chi connectivity index (χ3n) is 5.07. The minimum Gasteiger partial charge on any atom is -0.497 e. The van der Waals surface area contributed by atoms with E-state index in [2.05, 4.69) is 6.07 Å². The van der Waals surface area contributed by atoms with Crippen LogP contribution in [0.3, 0.4) is 0 Å². The van der Waals surface area contributed by atoms with Gasteiger partial charge in [-0.05, 0) is 48.0 Å². The Balaban J connectivity index is 1.72. The fraction of sp³-hybridized carbons (Fsp3) is 0.0741. The van der Waals surface area contributed by atoms with Crippen LogP contribution < -0.4 is 4.74 Å². The first kappa shape index (κ1) is 22.6. The van der Waals surface area contributed by atoms with Crippen LogP contribution in [0, 0.1) is 11.3 Å². The van der Waals surface area contributed by atoms with Gasteiger partial charge in [0, 0.05) is 21.7 Å². The highest BCUT2D eigenvalue weighted by Crippen LogP contribution is 2.35. The lowest BCUT2D eigenvalue weighted by atomic mass is 9.99. The summed E-state index contributed by atoms with van der Waals surface area (Å²) in [6.07, 6.45) is 0. The topological polar surface area (TPSA) is 63.0 Å². The summed E-state index contributed by atoms with van der Waals surface area (Å²) in [6, 6.07) is 28.3. The van der Waals surface area contributed by atoms with Crippen LogP contribution in [0.4, 0.5) is 0 Å². The minimum atomic E-state index is -0.0495. The van der Waals surface area contributed by atoms with E-state index in [-0.39, 0.29) is 11.5 Å². The summed E-state index contributed by atoms with van der Waals surface area (Å²) in [5.41, 5.74) is 4.30. The number of Topliss-reactive ketones (excluding diaryl/α,β-unsaturated/α-hetero) is 1. The number of ketones is 1. The van der Waals surface area contributed by atoms with Crippen LogP contribution >= 0.6 is 23.4 Å². The molecule has 1 heterocycles. The van der Waals surface area contributed by atoms with Gasteiger partial charge in [-0.15, -0.1) is 0 Å². The van der Waals surface area contributed by atoms with Gasteiger partial charge in [0.25, 0.3) is 0 Å². The average Bonchev–Trinajstić information content (AvgIpc) is 2.87. The first-order valence-electron chi connectivity index (χ1n) is 10.2. The van der Waals surface area contributed by atoms with E-state index in [1.807, 2.05) is 48.5 Å². The molecule has 4 aromatic rings. The summed E-state index contributed by atoms with van der Waals surface area (Å²) in [5, 5.41) is 11.1. The highest BCUT2D eigenvalue weighted by atomic mass is 35.5. The second-order valence-corrected chi connectivity index (χ2v) is 8.56. The van der Waals surface area contributed by atoms with Gasteiger partial charge in [-0.1, -0.05) is 65.8 Å². The predicted molar refractivity (Wildman–Crippen MR) is 133 cm³/mol. The SMILES string of the molecule is COc1ccc(C(=O)CSc2nc(-c3ccccc3)cc(-c3ccc(Cl)cc3)c2C#N)cc1. The zero-order valence-corrected chi connectivity index (χ0v) is 19.4. The van der Waals surface area contributed by atoms with Crippen molar-refractivity contribution in [1.82, 2.24) is 4.98 Å². The van der Waals surface area contributed by atoms with Crippen molar-refractivity contribution in [1.29, 1.82) is 5.26 Å². The summed E-state index contributed by atoms with van der Waals surface area (Å²) >= 11 is 7.33. The lowest BCUT2D eigenvalue weighted by molar-refractivity contribution is 0.102. The second-order valence-electron chi connectivity index (χ2n) is 7.16. The molecule has 0 radical (unpaired) electrons. The third-order valence-corrected chi connectivity index (χ3v) is 6.30. The van der Waals surface area contributed by atoms with Crippen LogP contribution in [-0.2, 0) is 0 Å². The number of halogens is 1. The van der Waals surface area contributed by atoms with Crippen LogP contribution in [0.25, 0.3) is 22.4 Å². The van der Waals surface area contributed by atoms with E-state index >= 15 is 0 Å². The number of nitrogens with zero attached hydrogens (tertiary/aromatic N) is 2. The summed E-state index contributed by atoms with van der Waals surface area (Å²) in [7, 11) is 1.58. The average molecular weight is 471 g/mol. The fourth-order valence-electron chi connectivity index (χ4n) is 3.34. The molecule has 33 heavy (non-hydrogen) atoms. The van der Waals surface area contributed by atoms with Gasteiger partial charge >= 0.3 is 0 Å². The van der Waals surface area contributed by atoms with Gasteiger partial charge in [0.05, 0.1) is 24.1 Å². The van der Waals surface area contributed by atoms with Crippen molar-refractivity contribution in [3.8, 4) is 34.2 Å². The summed E-state index contributed by atoms with van der Waals surface area (Å²) in [6.45, 7) is 0. The van der Waals surface area contributed by atoms with Crippen molar-refractivity contribution in [2.45, 2.75) is 5.03 Å². The first-order chi connectivity index (χ1) is 16.1. The lowest BCUT2D eigenvalue weighted by Crippen LogP contribution is -2.04. The largest absolute Gasteiger partial charge is 0.497 e. The Hall–Kier alpha value is -3.59. The van der Waals surface area contributed by atoms with Crippen molar-refractivity contribution in [2.24, 2.45) is 0 Å². The molecule has 0 atom stereocenters.